The van der Waals surface area contributed by atoms with Crippen molar-refractivity contribution in [1.82, 2.24) is 4.98 Å². The number of nitrogens with zero attached hydrogens (tertiary/aromatic N) is 1. The molecule has 13 heavy (non-hydrogen) atoms. The molecule has 0 aliphatic rings. The number of pyridine rings is 1. The van der Waals surface area contributed by atoms with Gasteiger partial charge >= 0.3 is 0 Å². The van der Waals surface area contributed by atoms with Gasteiger partial charge in [0.1, 0.15) is 0 Å². The van der Waals surface area contributed by atoms with Gasteiger partial charge in [0, 0.05) is 24.4 Å². The molecule has 72 valence electrons. The van der Waals surface area contributed by atoms with Crippen LogP contribution >= 0.6 is 0 Å². The van der Waals surface area contributed by atoms with Crippen LogP contribution in [0.2, 0.25) is 0 Å². The number of hydrogen-bond donors (Lipinski definition) is 1. The van der Waals surface area contributed by atoms with Crippen LogP contribution in [0.1, 0.15) is 25.1 Å². The Hall–Kier alpha value is -0.890. The van der Waals surface area contributed by atoms with Gasteiger partial charge in [0.25, 0.3) is 0 Å². The van der Waals surface area contributed by atoms with Crippen molar-refractivity contribution >= 4 is 0 Å². The van der Waals surface area contributed by atoms with E-state index < -0.39 is 0 Å². The third-order valence-corrected chi connectivity index (χ3v) is 2.40. The Bertz CT molecular complexity index is 269. The number of hydrogen-bond acceptors (Lipinski definition) is 2. The van der Waals surface area contributed by atoms with E-state index in [1.54, 1.807) is 0 Å². The molecule has 0 amide bonds. The summed E-state index contributed by atoms with van der Waals surface area (Å²) < 4.78 is 0. The molecular weight excluding hydrogens is 160 g/mol. The zero-order valence-corrected chi connectivity index (χ0v) is 8.62. The van der Waals surface area contributed by atoms with E-state index in [9.17, 15) is 0 Å². The highest BCUT2D eigenvalue weighted by Crippen LogP contribution is 2.09. The van der Waals surface area contributed by atoms with Crippen LogP contribution < -0.4 is 5.73 Å². The van der Waals surface area contributed by atoms with Gasteiger partial charge in [-0.2, -0.15) is 0 Å². The third kappa shape index (κ3) is 2.81. The molecule has 2 heteroatoms. The Morgan fingerprint density at radius 2 is 2.15 bits per heavy atom. The van der Waals surface area contributed by atoms with Crippen LogP contribution in [0.3, 0.4) is 0 Å². The fraction of sp³-hybridized carbons (Fsp3) is 0.545. The van der Waals surface area contributed by atoms with Crippen LogP contribution in [0.5, 0.6) is 0 Å². The second-order valence-corrected chi connectivity index (χ2v) is 3.88. The molecule has 0 radical (unpaired) electrons. The van der Waals surface area contributed by atoms with Crippen LogP contribution in [-0.2, 0) is 6.42 Å². The van der Waals surface area contributed by atoms with Crippen LogP contribution in [0.15, 0.2) is 18.3 Å². The van der Waals surface area contributed by atoms with Crippen molar-refractivity contribution < 1.29 is 0 Å². The summed E-state index contributed by atoms with van der Waals surface area (Å²) in [6.45, 7) is 6.36. The predicted octanol–water partition coefficient (Wildman–Crippen LogP) is 1.92. The molecule has 0 spiro atoms. The molecule has 2 nitrogen and oxygen atoms in total. The van der Waals surface area contributed by atoms with Crippen molar-refractivity contribution in [3.05, 3.63) is 29.6 Å². The number of nitrogens with two attached hydrogens (primary N) is 1. The van der Waals surface area contributed by atoms with Gasteiger partial charge in [-0.15, -0.1) is 0 Å². The van der Waals surface area contributed by atoms with E-state index in [2.05, 4.69) is 31.8 Å². The molecule has 1 atom stereocenters. The van der Waals surface area contributed by atoms with Crippen molar-refractivity contribution in [1.29, 1.82) is 0 Å². The highest BCUT2D eigenvalue weighted by molar-refractivity contribution is 5.18. The summed E-state index contributed by atoms with van der Waals surface area (Å²) in [6, 6.07) is 4.25. The van der Waals surface area contributed by atoms with Gasteiger partial charge in [0.05, 0.1) is 0 Å². The molecule has 0 aromatic carbocycles. The summed E-state index contributed by atoms with van der Waals surface area (Å²) in [4.78, 5) is 4.32. The van der Waals surface area contributed by atoms with Crippen LogP contribution in [0, 0.1) is 12.8 Å². The van der Waals surface area contributed by atoms with Crippen molar-refractivity contribution in [2.75, 3.05) is 0 Å². The quantitative estimate of drug-likeness (QED) is 0.768. The molecule has 1 unspecified atom stereocenters. The number of rotatable bonds is 3. The van der Waals surface area contributed by atoms with Gasteiger partial charge in [-0.3, -0.25) is 4.98 Å². The van der Waals surface area contributed by atoms with Crippen LogP contribution in [0.4, 0.5) is 0 Å². The van der Waals surface area contributed by atoms with Gasteiger partial charge in [-0.25, -0.2) is 0 Å². The predicted molar refractivity (Wildman–Crippen MR) is 55.5 cm³/mol. The van der Waals surface area contributed by atoms with Crippen molar-refractivity contribution in [2.24, 2.45) is 11.7 Å². The molecule has 0 aliphatic heterocycles. The molecule has 0 saturated heterocycles. The third-order valence-electron chi connectivity index (χ3n) is 2.40. The summed E-state index contributed by atoms with van der Waals surface area (Å²) in [6.07, 6.45) is 2.71. The Morgan fingerprint density at radius 1 is 1.46 bits per heavy atom. The topological polar surface area (TPSA) is 38.9 Å². The van der Waals surface area contributed by atoms with Gasteiger partial charge in [0.2, 0.25) is 0 Å². The smallest absolute Gasteiger partial charge is 0.0448 e. The largest absolute Gasteiger partial charge is 0.327 e. The maximum atomic E-state index is 5.98. The van der Waals surface area contributed by atoms with E-state index in [0.29, 0.717) is 5.92 Å². The van der Waals surface area contributed by atoms with E-state index in [4.69, 9.17) is 5.73 Å². The first-order valence-corrected chi connectivity index (χ1v) is 4.77. The lowest BCUT2D eigenvalue weighted by atomic mass is 9.98. The summed E-state index contributed by atoms with van der Waals surface area (Å²) in [5.41, 5.74) is 8.34. The van der Waals surface area contributed by atoms with Crippen molar-refractivity contribution in [2.45, 2.75) is 33.2 Å². The molecule has 0 bridgehead atoms. The lowest BCUT2D eigenvalue weighted by Crippen LogP contribution is -2.29. The first-order chi connectivity index (χ1) is 6.11. The zero-order chi connectivity index (χ0) is 9.84. The summed E-state index contributed by atoms with van der Waals surface area (Å²) in [5, 5.41) is 0. The summed E-state index contributed by atoms with van der Waals surface area (Å²) in [5.74, 6) is 0.515. The molecule has 1 rings (SSSR count). The first-order valence-electron chi connectivity index (χ1n) is 4.77. The van der Waals surface area contributed by atoms with Crippen molar-refractivity contribution in [3.63, 3.8) is 0 Å². The SMILES string of the molecule is Cc1cccnc1CC(N)C(C)C. The monoisotopic (exact) mass is 178 g/mol. The highest BCUT2D eigenvalue weighted by Gasteiger charge is 2.10. The Labute approximate surface area is 80.2 Å². The van der Waals surface area contributed by atoms with Crippen LogP contribution in [0.25, 0.3) is 0 Å². The van der Waals surface area contributed by atoms with E-state index in [1.165, 1.54) is 5.56 Å². The second-order valence-electron chi connectivity index (χ2n) is 3.88. The van der Waals surface area contributed by atoms with E-state index in [0.717, 1.165) is 12.1 Å². The molecule has 0 fully saturated rings. The lowest BCUT2D eigenvalue weighted by Gasteiger charge is -2.15. The first kappa shape index (κ1) is 10.2. The maximum absolute atomic E-state index is 5.98. The van der Waals surface area contributed by atoms with Gasteiger partial charge in [0.15, 0.2) is 0 Å². The Morgan fingerprint density at radius 3 is 2.69 bits per heavy atom. The minimum Gasteiger partial charge on any atom is -0.327 e. The Kier molecular flexibility index (Phi) is 3.43. The average Bonchev–Trinajstić information content (AvgIpc) is 2.08. The second kappa shape index (κ2) is 4.38. The fourth-order valence-electron chi connectivity index (χ4n) is 1.19. The van der Waals surface area contributed by atoms with Gasteiger partial charge < -0.3 is 5.73 Å². The number of aryl methyl sites for hydroxylation is 1. The molecule has 0 saturated carbocycles. The summed E-state index contributed by atoms with van der Waals surface area (Å²) in [7, 11) is 0. The minimum absolute atomic E-state index is 0.216. The molecular formula is C11H18N2. The molecule has 1 heterocycles. The van der Waals surface area contributed by atoms with Crippen molar-refractivity contribution in [3.8, 4) is 0 Å². The van der Waals surface area contributed by atoms with Gasteiger partial charge in [-0.1, -0.05) is 19.9 Å². The molecule has 0 aliphatic carbocycles. The van der Waals surface area contributed by atoms with Gasteiger partial charge in [-0.05, 0) is 24.5 Å². The average molecular weight is 178 g/mol. The van der Waals surface area contributed by atoms with E-state index in [-0.39, 0.29) is 6.04 Å². The highest BCUT2D eigenvalue weighted by atomic mass is 14.7. The zero-order valence-electron chi connectivity index (χ0n) is 8.62. The standard InChI is InChI=1S/C11H18N2/c1-8(2)10(12)7-11-9(3)5-4-6-13-11/h4-6,8,10H,7,12H2,1-3H3. The molecule has 1 aromatic heterocycles. The maximum Gasteiger partial charge on any atom is 0.0448 e. The summed E-state index contributed by atoms with van der Waals surface area (Å²) >= 11 is 0. The molecule has 1 aromatic rings. The number of aromatic nitrogens is 1. The minimum atomic E-state index is 0.216. The fourth-order valence-corrected chi connectivity index (χ4v) is 1.19. The van der Waals surface area contributed by atoms with E-state index >= 15 is 0 Å². The van der Waals surface area contributed by atoms with Crippen LogP contribution in [-0.4, -0.2) is 11.0 Å². The van der Waals surface area contributed by atoms with E-state index in [1.807, 2.05) is 12.3 Å². The lowest BCUT2D eigenvalue weighted by molar-refractivity contribution is 0.485. The normalized spacial score (nSPS) is 13.3. The molecule has 2 N–H and O–H groups in total. The Balaban J connectivity index is 2.69.